The highest BCUT2D eigenvalue weighted by Gasteiger charge is 2.30. The quantitative estimate of drug-likeness (QED) is 0.200. The maximum absolute atomic E-state index is 12.8. The van der Waals surface area contributed by atoms with Gasteiger partial charge in [0.1, 0.15) is 17.2 Å². The van der Waals surface area contributed by atoms with Crippen molar-refractivity contribution in [3.63, 3.8) is 0 Å². The molecule has 208 valence electrons. The molecular formula is C27H31BrF3N7O. The Hall–Kier alpha value is -3.51. The normalized spacial score (nSPS) is 13.6. The predicted molar refractivity (Wildman–Crippen MR) is 151 cm³/mol. The lowest BCUT2D eigenvalue weighted by Crippen LogP contribution is -2.22. The molecule has 5 rings (SSSR count). The van der Waals surface area contributed by atoms with E-state index in [1.54, 1.807) is 18.3 Å². The summed E-state index contributed by atoms with van der Waals surface area (Å²) in [6.45, 7) is 4.00. The number of hydrogen-bond acceptors (Lipinski definition) is 6. The molecule has 6 N–H and O–H groups in total. The maximum Gasteiger partial charge on any atom is 0.416 e. The van der Waals surface area contributed by atoms with Gasteiger partial charge in [-0.05, 0) is 53.0 Å². The van der Waals surface area contributed by atoms with Crippen molar-refractivity contribution in [3.8, 4) is 11.3 Å². The van der Waals surface area contributed by atoms with E-state index in [9.17, 15) is 18.0 Å². The minimum atomic E-state index is -4.53. The predicted octanol–water partition coefficient (Wildman–Crippen LogP) is 6.94. The number of anilines is 2. The summed E-state index contributed by atoms with van der Waals surface area (Å²) < 4.78 is 39.1. The lowest BCUT2D eigenvalue weighted by atomic mass is 9.97. The van der Waals surface area contributed by atoms with Gasteiger partial charge < -0.3 is 16.8 Å². The number of nitrogens with two attached hydrogens (primary N) is 2. The molecule has 0 radical (unpaired) electrons. The number of nitrogens with zero attached hydrogens (tertiary/aromatic N) is 3. The molecule has 0 bridgehead atoms. The molecule has 8 nitrogen and oxygen atoms in total. The van der Waals surface area contributed by atoms with E-state index in [1.807, 2.05) is 13.8 Å². The molecule has 1 amide bonds. The number of aromatic amines is 1. The van der Waals surface area contributed by atoms with Crippen molar-refractivity contribution < 1.29 is 18.0 Å². The van der Waals surface area contributed by atoms with Crippen molar-refractivity contribution in [1.29, 1.82) is 0 Å². The van der Waals surface area contributed by atoms with Crippen LogP contribution in [0.3, 0.4) is 0 Å². The van der Waals surface area contributed by atoms with Crippen LogP contribution in [0.4, 0.5) is 24.8 Å². The van der Waals surface area contributed by atoms with Gasteiger partial charge in [0.15, 0.2) is 0 Å². The van der Waals surface area contributed by atoms with Gasteiger partial charge in [-0.15, -0.1) is 0 Å². The molecule has 1 aliphatic rings. The number of halogens is 4. The van der Waals surface area contributed by atoms with Crippen molar-refractivity contribution in [3.05, 3.63) is 64.4 Å². The summed E-state index contributed by atoms with van der Waals surface area (Å²) in [5.74, 6) is -0.483. The Kier molecular flexibility index (Phi) is 10.4. The molecule has 0 aliphatic heterocycles. The van der Waals surface area contributed by atoms with Gasteiger partial charge in [-0.2, -0.15) is 18.3 Å². The average Bonchev–Trinajstić information content (AvgIpc) is 3.39. The van der Waals surface area contributed by atoms with Gasteiger partial charge in [-0.1, -0.05) is 45.2 Å². The lowest BCUT2D eigenvalue weighted by molar-refractivity contribution is -0.137. The van der Waals surface area contributed by atoms with Crippen LogP contribution in [0.25, 0.3) is 22.2 Å². The second kappa shape index (κ2) is 13.5. The number of aromatic nitrogens is 4. The summed E-state index contributed by atoms with van der Waals surface area (Å²) >= 11 is 3.37. The summed E-state index contributed by atoms with van der Waals surface area (Å²) in [5, 5.41) is 10.1. The number of carbonyl (C=O) groups is 1. The fraction of sp³-hybridized carbons (Fsp3) is 0.333. The second-order valence-corrected chi connectivity index (χ2v) is 9.53. The third-order valence-electron chi connectivity index (χ3n) is 5.98. The fourth-order valence-electron chi connectivity index (χ4n) is 4.01. The maximum atomic E-state index is 12.8. The van der Waals surface area contributed by atoms with Crippen LogP contribution in [0.5, 0.6) is 0 Å². The minimum Gasteiger partial charge on any atom is -0.383 e. The number of nitrogens with one attached hydrogen (secondary N) is 2. The number of hydrogen-bond donors (Lipinski definition) is 4. The molecule has 0 atom stereocenters. The number of amides is 1. The summed E-state index contributed by atoms with van der Waals surface area (Å²) in [7, 11) is 0. The fourth-order valence-corrected chi connectivity index (χ4v) is 4.40. The van der Waals surface area contributed by atoms with Crippen molar-refractivity contribution in [2.75, 3.05) is 11.1 Å². The highest BCUT2D eigenvalue weighted by molar-refractivity contribution is 9.10. The first kappa shape index (κ1) is 30.0. The van der Waals surface area contributed by atoms with Crippen LogP contribution in [-0.2, 0) is 6.18 Å². The Balaban J connectivity index is 0.000000401. The number of nitrogen functional groups attached to an aromatic ring is 1. The summed E-state index contributed by atoms with van der Waals surface area (Å²) in [6.07, 6.45) is 4.68. The summed E-state index contributed by atoms with van der Waals surface area (Å²) in [4.78, 5) is 20.3. The van der Waals surface area contributed by atoms with Crippen LogP contribution in [0.15, 0.2) is 53.3 Å². The zero-order chi connectivity index (χ0) is 28.6. The minimum absolute atomic E-state index is 0.192. The number of rotatable bonds is 3. The number of carbonyl (C=O) groups excluding carboxylic acids is 1. The average molecular weight is 606 g/mol. The van der Waals surface area contributed by atoms with Crippen LogP contribution < -0.4 is 16.8 Å². The van der Waals surface area contributed by atoms with Crippen LogP contribution in [-0.4, -0.2) is 32.1 Å². The van der Waals surface area contributed by atoms with Crippen molar-refractivity contribution in [2.24, 2.45) is 5.73 Å². The third kappa shape index (κ3) is 7.76. The molecule has 1 saturated carbocycles. The van der Waals surface area contributed by atoms with E-state index in [2.05, 4.69) is 41.4 Å². The first-order chi connectivity index (χ1) is 18.6. The van der Waals surface area contributed by atoms with E-state index in [0.29, 0.717) is 38.5 Å². The van der Waals surface area contributed by atoms with Gasteiger partial charge in [-0.25, -0.2) is 9.97 Å². The smallest absolute Gasteiger partial charge is 0.383 e. The van der Waals surface area contributed by atoms with E-state index in [0.717, 1.165) is 18.3 Å². The SMILES string of the molecule is CC.NC1CCCCC1.Nc1ncc(Br)c2n[nH]c(-c3ccc(C(=O)Nc4cc(C(F)(F)F)ccn4)cc3)c12. The zero-order valence-corrected chi connectivity index (χ0v) is 23.2. The Morgan fingerprint density at radius 2 is 1.74 bits per heavy atom. The molecule has 3 heterocycles. The van der Waals surface area contributed by atoms with Crippen LogP contribution in [0.2, 0.25) is 0 Å². The Morgan fingerprint density at radius 3 is 2.33 bits per heavy atom. The van der Waals surface area contributed by atoms with E-state index < -0.39 is 17.6 Å². The number of H-pyrrole nitrogens is 1. The molecular weight excluding hydrogens is 575 g/mol. The first-order valence-electron chi connectivity index (χ1n) is 12.6. The van der Waals surface area contributed by atoms with Crippen LogP contribution in [0, 0.1) is 0 Å². The zero-order valence-electron chi connectivity index (χ0n) is 21.6. The molecule has 3 aromatic heterocycles. The summed E-state index contributed by atoms with van der Waals surface area (Å²) in [6, 6.07) is 8.55. The first-order valence-corrected chi connectivity index (χ1v) is 13.4. The molecule has 1 fully saturated rings. The molecule has 0 spiro atoms. The Morgan fingerprint density at radius 1 is 1.08 bits per heavy atom. The lowest BCUT2D eigenvalue weighted by Gasteiger charge is -2.15. The van der Waals surface area contributed by atoms with E-state index in [1.165, 1.54) is 44.2 Å². The standard InChI is InChI=1S/C19H12BrF3N6O.C6H13N.C2H6/c20-12-8-26-17(24)14-15(28-29-16(12)14)9-1-3-10(4-2-9)18(30)27-13-7-11(5-6-25-13)19(21,22)23;7-6-4-2-1-3-5-6;1-2/h1-8H,(H2,24,26)(H,28,29)(H,25,27,30);6H,1-5,7H2;1-2H3. The van der Waals surface area contributed by atoms with E-state index >= 15 is 0 Å². The number of benzene rings is 1. The molecule has 1 aliphatic carbocycles. The molecule has 1 aromatic carbocycles. The van der Waals surface area contributed by atoms with Gasteiger partial charge in [0.25, 0.3) is 5.91 Å². The van der Waals surface area contributed by atoms with Gasteiger partial charge >= 0.3 is 6.18 Å². The highest BCUT2D eigenvalue weighted by Crippen LogP contribution is 2.33. The molecule has 12 heteroatoms. The van der Waals surface area contributed by atoms with Crippen molar-refractivity contribution in [2.45, 2.75) is 58.2 Å². The van der Waals surface area contributed by atoms with Gasteiger partial charge in [-0.3, -0.25) is 9.89 Å². The molecule has 0 saturated heterocycles. The van der Waals surface area contributed by atoms with Crippen molar-refractivity contribution >= 4 is 44.4 Å². The van der Waals surface area contributed by atoms with Gasteiger partial charge in [0.05, 0.1) is 21.1 Å². The third-order valence-corrected chi connectivity index (χ3v) is 6.56. The monoisotopic (exact) mass is 605 g/mol. The Labute approximate surface area is 232 Å². The van der Waals surface area contributed by atoms with Gasteiger partial charge in [0, 0.05) is 29.6 Å². The number of fused-ring (bicyclic) bond motifs is 1. The van der Waals surface area contributed by atoms with Crippen molar-refractivity contribution in [1.82, 2.24) is 20.2 Å². The van der Waals surface area contributed by atoms with Crippen LogP contribution >= 0.6 is 15.9 Å². The second-order valence-electron chi connectivity index (χ2n) is 8.67. The molecule has 39 heavy (non-hydrogen) atoms. The highest BCUT2D eigenvalue weighted by atomic mass is 79.9. The number of pyridine rings is 2. The largest absolute Gasteiger partial charge is 0.416 e. The van der Waals surface area contributed by atoms with Crippen LogP contribution in [0.1, 0.15) is 61.9 Å². The summed E-state index contributed by atoms with van der Waals surface area (Å²) in [5.41, 5.74) is 12.9. The molecule has 4 aromatic rings. The molecule has 0 unspecified atom stereocenters. The van der Waals surface area contributed by atoms with E-state index in [4.69, 9.17) is 11.5 Å². The van der Waals surface area contributed by atoms with E-state index in [-0.39, 0.29) is 11.4 Å². The topological polar surface area (TPSA) is 136 Å². The number of alkyl halides is 3. The Bertz CT molecular complexity index is 1380. The van der Waals surface area contributed by atoms with Gasteiger partial charge in [0.2, 0.25) is 0 Å².